The van der Waals surface area contributed by atoms with E-state index >= 15 is 0 Å². The predicted molar refractivity (Wildman–Crippen MR) is 103 cm³/mol. The van der Waals surface area contributed by atoms with Crippen LogP contribution in [0, 0.1) is 5.92 Å². The van der Waals surface area contributed by atoms with Crippen molar-refractivity contribution in [1.82, 2.24) is 19.4 Å². The number of carbonyl (C=O) groups is 1. The van der Waals surface area contributed by atoms with E-state index in [1.54, 1.807) is 23.5 Å². The van der Waals surface area contributed by atoms with Crippen molar-refractivity contribution in [2.45, 2.75) is 6.42 Å². The van der Waals surface area contributed by atoms with Gasteiger partial charge in [-0.15, -0.1) is 0 Å². The summed E-state index contributed by atoms with van der Waals surface area (Å²) in [6.45, 7) is 1.03. The Kier molecular flexibility index (Phi) is 4.43. The Balaban J connectivity index is 1.55. The Morgan fingerprint density at radius 3 is 2.74 bits per heavy atom. The molecule has 1 aromatic carbocycles. The molecule has 2 aromatic heterocycles. The van der Waals surface area contributed by atoms with Gasteiger partial charge in [0, 0.05) is 31.2 Å². The van der Waals surface area contributed by atoms with E-state index in [0.29, 0.717) is 36.2 Å². The van der Waals surface area contributed by atoms with Gasteiger partial charge in [-0.2, -0.15) is 0 Å². The maximum Gasteiger partial charge on any atom is 0.255 e. The highest BCUT2D eigenvalue weighted by molar-refractivity contribution is 7.90. The summed E-state index contributed by atoms with van der Waals surface area (Å²) >= 11 is 0. The first-order valence-corrected chi connectivity index (χ1v) is 10.8. The third kappa shape index (κ3) is 3.71. The second-order valence-electron chi connectivity index (χ2n) is 7.02. The molecule has 1 amide bonds. The fourth-order valence-corrected chi connectivity index (χ4v) is 4.69. The molecule has 0 saturated carbocycles. The molecule has 0 bridgehead atoms. The number of aromatic nitrogens is 3. The number of fused-ring (bicyclic) bond motifs is 1. The molecule has 0 spiro atoms. The van der Waals surface area contributed by atoms with Crippen molar-refractivity contribution >= 4 is 26.9 Å². The number of hydrogen-bond donors (Lipinski definition) is 0. The van der Waals surface area contributed by atoms with Crippen LogP contribution in [-0.4, -0.2) is 58.9 Å². The molecule has 1 unspecified atom stereocenters. The van der Waals surface area contributed by atoms with Gasteiger partial charge in [0.1, 0.15) is 21.7 Å². The standard InChI is InChI=1S/C19H20N4O3S/c1-27(25,26)12-14-7-8-22(11-14)19(24)15-9-17-18(20-10-15)23(13-21-17)16-5-3-2-4-6-16/h2-6,9-10,13-14H,7-8,11-12H2,1H3. The van der Waals surface area contributed by atoms with Crippen molar-refractivity contribution in [2.24, 2.45) is 5.92 Å². The fourth-order valence-electron chi connectivity index (χ4n) is 3.56. The van der Waals surface area contributed by atoms with E-state index in [0.717, 1.165) is 5.69 Å². The highest BCUT2D eigenvalue weighted by Crippen LogP contribution is 2.22. The zero-order valence-electron chi connectivity index (χ0n) is 14.9. The summed E-state index contributed by atoms with van der Waals surface area (Å²) in [6.07, 6.45) is 5.20. The predicted octanol–water partition coefficient (Wildman–Crippen LogP) is 1.93. The van der Waals surface area contributed by atoms with Crippen LogP contribution in [0.25, 0.3) is 16.9 Å². The summed E-state index contributed by atoms with van der Waals surface area (Å²) in [5.74, 6) is -0.0113. The monoisotopic (exact) mass is 384 g/mol. The van der Waals surface area contributed by atoms with Gasteiger partial charge in [0.2, 0.25) is 0 Å². The number of hydrogen-bond acceptors (Lipinski definition) is 5. The van der Waals surface area contributed by atoms with Crippen LogP contribution in [-0.2, 0) is 9.84 Å². The summed E-state index contributed by atoms with van der Waals surface area (Å²) in [7, 11) is -3.04. The molecule has 8 heteroatoms. The Bertz CT molecular complexity index is 1090. The molecule has 3 heterocycles. The van der Waals surface area contributed by atoms with E-state index in [1.807, 2.05) is 34.9 Å². The fraction of sp³-hybridized carbons (Fsp3) is 0.316. The van der Waals surface area contributed by atoms with E-state index in [9.17, 15) is 13.2 Å². The average Bonchev–Trinajstić information content (AvgIpc) is 3.26. The third-order valence-electron chi connectivity index (χ3n) is 4.78. The molecule has 3 aromatic rings. The van der Waals surface area contributed by atoms with Crippen LogP contribution in [0.1, 0.15) is 16.8 Å². The molecule has 1 aliphatic heterocycles. The number of likely N-dealkylation sites (tertiary alicyclic amines) is 1. The maximum absolute atomic E-state index is 12.8. The molecule has 1 saturated heterocycles. The third-order valence-corrected chi connectivity index (χ3v) is 5.86. The summed E-state index contributed by atoms with van der Waals surface area (Å²) < 4.78 is 24.8. The van der Waals surface area contributed by atoms with Gasteiger partial charge < -0.3 is 4.90 Å². The van der Waals surface area contributed by atoms with Crippen LogP contribution in [0.15, 0.2) is 48.9 Å². The summed E-state index contributed by atoms with van der Waals surface area (Å²) in [6, 6.07) is 11.5. The van der Waals surface area contributed by atoms with Crippen molar-refractivity contribution in [2.75, 3.05) is 25.1 Å². The summed E-state index contributed by atoms with van der Waals surface area (Å²) in [4.78, 5) is 23.3. The zero-order chi connectivity index (χ0) is 19.0. The van der Waals surface area contributed by atoms with Crippen molar-refractivity contribution in [1.29, 1.82) is 0 Å². The molecule has 7 nitrogen and oxygen atoms in total. The molecule has 0 N–H and O–H groups in total. The minimum absolute atomic E-state index is 0.00192. The molecule has 0 aliphatic carbocycles. The van der Waals surface area contributed by atoms with E-state index in [4.69, 9.17) is 0 Å². The van der Waals surface area contributed by atoms with E-state index in [1.165, 1.54) is 6.26 Å². The second kappa shape index (κ2) is 6.77. The van der Waals surface area contributed by atoms with Gasteiger partial charge in [-0.3, -0.25) is 9.36 Å². The number of pyridine rings is 1. The molecule has 140 valence electrons. The first-order chi connectivity index (χ1) is 12.9. The Hall–Kier alpha value is -2.74. The normalized spacial score (nSPS) is 17.5. The number of nitrogens with zero attached hydrogens (tertiary/aromatic N) is 4. The average molecular weight is 384 g/mol. The first-order valence-electron chi connectivity index (χ1n) is 8.76. The van der Waals surface area contributed by atoms with Crippen molar-refractivity contribution in [3.63, 3.8) is 0 Å². The smallest absolute Gasteiger partial charge is 0.255 e. The van der Waals surface area contributed by atoms with Gasteiger partial charge in [0.15, 0.2) is 5.65 Å². The highest BCUT2D eigenvalue weighted by Gasteiger charge is 2.29. The lowest BCUT2D eigenvalue weighted by Gasteiger charge is -2.16. The first kappa shape index (κ1) is 17.7. The van der Waals surface area contributed by atoms with Crippen molar-refractivity contribution < 1.29 is 13.2 Å². The van der Waals surface area contributed by atoms with Crippen molar-refractivity contribution in [3.8, 4) is 5.69 Å². The molecule has 1 fully saturated rings. The Morgan fingerprint density at radius 1 is 1.22 bits per heavy atom. The molecule has 1 aliphatic rings. The van der Waals surface area contributed by atoms with Gasteiger partial charge in [-0.05, 0) is 30.5 Å². The van der Waals surface area contributed by atoms with Crippen LogP contribution in [0.2, 0.25) is 0 Å². The molecule has 4 rings (SSSR count). The zero-order valence-corrected chi connectivity index (χ0v) is 15.8. The number of amides is 1. The SMILES string of the molecule is CS(=O)(=O)CC1CCN(C(=O)c2cnc3c(c2)ncn3-c2ccccc2)C1. The molecular weight excluding hydrogens is 364 g/mol. The Labute approximate surface area is 157 Å². The van der Waals surface area contributed by atoms with Gasteiger partial charge in [-0.25, -0.2) is 18.4 Å². The maximum atomic E-state index is 12.8. The van der Waals surface area contributed by atoms with Crippen LogP contribution >= 0.6 is 0 Å². The van der Waals surface area contributed by atoms with E-state index in [-0.39, 0.29) is 17.6 Å². The van der Waals surface area contributed by atoms with Gasteiger partial charge in [0.25, 0.3) is 5.91 Å². The number of carbonyl (C=O) groups excluding carboxylic acids is 1. The summed E-state index contributed by atoms with van der Waals surface area (Å²) in [5, 5.41) is 0. The van der Waals surface area contributed by atoms with Crippen LogP contribution in [0.4, 0.5) is 0 Å². The lowest BCUT2D eigenvalue weighted by atomic mass is 10.2. The Morgan fingerprint density at radius 2 is 2.00 bits per heavy atom. The van der Waals surface area contributed by atoms with Gasteiger partial charge in [-0.1, -0.05) is 18.2 Å². The summed E-state index contributed by atoms with van der Waals surface area (Å²) in [5.41, 5.74) is 2.77. The van der Waals surface area contributed by atoms with Crippen LogP contribution in [0.3, 0.4) is 0 Å². The topological polar surface area (TPSA) is 85.2 Å². The largest absolute Gasteiger partial charge is 0.338 e. The molecule has 27 heavy (non-hydrogen) atoms. The number of benzene rings is 1. The second-order valence-corrected chi connectivity index (χ2v) is 9.20. The minimum atomic E-state index is -3.04. The molecule has 0 radical (unpaired) electrons. The molecule has 1 atom stereocenters. The molecular formula is C19H20N4O3S. The number of sulfone groups is 1. The quantitative estimate of drug-likeness (QED) is 0.686. The van der Waals surface area contributed by atoms with Crippen molar-refractivity contribution in [3.05, 3.63) is 54.5 Å². The highest BCUT2D eigenvalue weighted by atomic mass is 32.2. The van der Waals surface area contributed by atoms with E-state index in [2.05, 4.69) is 9.97 Å². The van der Waals surface area contributed by atoms with Gasteiger partial charge in [0.05, 0.1) is 11.3 Å². The number of imidazole rings is 1. The lowest BCUT2D eigenvalue weighted by Crippen LogP contribution is -2.29. The van der Waals surface area contributed by atoms with Crippen LogP contribution in [0.5, 0.6) is 0 Å². The number of rotatable bonds is 4. The minimum Gasteiger partial charge on any atom is -0.338 e. The van der Waals surface area contributed by atoms with Gasteiger partial charge >= 0.3 is 0 Å². The van der Waals surface area contributed by atoms with E-state index < -0.39 is 9.84 Å². The van der Waals surface area contributed by atoms with Crippen LogP contribution < -0.4 is 0 Å². The number of para-hydroxylation sites is 1. The lowest BCUT2D eigenvalue weighted by molar-refractivity contribution is 0.0788.